The summed E-state index contributed by atoms with van der Waals surface area (Å²) in [6.45, 7) is 0. The number of aryl methyl sites for hydroxylation is 1. The molecule has 7 heteroatoms. The van der Waals surface area contributed by atoms with Crippen molar-refractivity contribution in [3.05, 3.63) is 52.6 Å². The van der Waals surface area contributed by atoms with Crippen LogP contribution >= 0.6 is 22.6 Å². The predicted molar refractivity (Wildman–Crippen MR) is 96.4 cm³/mol. The Balaban J connectivity index is 1.75. The summed E-state index contributed by atoms with van der Waals surface area (Å²) >= 11 is 2.17. The highest BCUT2D eigenvalue weighted by molar-refractivity contribution is 14.1. The van der Waals surface area contributed by atoms with Crippen LogP contribution in [0.2, 0.25) is 0 Å². The number of halogens is 1. The number of benzene rings is 1. The molecule has 3 aromatic heterocycles. The number of furan rings is 1. The summed E-state index contributed by atoms with van der Waals surface area (Å²) in [5.74, 6) is 1.20. The lowest BCUT2D eigenvalue weighted by molar-refractivity contribution is 0.585. The molecule has 1 N–H and O–H groups in total. The van der Waals surface area contributed by atoms with Crippen molar-refractivity contribution in [2.75, 3.05) is 5.32 Å². The average Bonchev–Trinajstić information content (AvgIpc) is 3.11. The van der Waals surface area contributed by atoms with Gasteiger partial charge in [-0.3, -0.25) is 4.68 Å². The predicted octanol–water partition coefficient (Wildman–Crippen LogP) is 3.97. The fraction of sp³-hybridized carbons (Fsp3) is 0.0625. The van der Waals surface area contributed by atoms with Crippen molar-refractivity contribution >= 4 is 45.3 Å². The first-order valence-electron chi connectivity index (χ1n) is 6.97. The van der Waals surface area contributed by atoms with Gasteiger partial charge in [-0.25, -0.2) is 9.97 Å². The highest BCUT2D eigenvalue weighted by Gasteiger charge is 2.11. The van der Waals surface area contributed by atoms with Gasteiger partial charge >= 0.3 is 0 Å². The largest absolute Gasteiger partial charge is 0.450 e. The maximum Gasteiger partial charge on any atom is 0.228 e. The first-order valence-corrected chi connectivity index (χ1v) is 8.05. The third-order valence-electron chi connectivity index (χ3n) is 3.40. The monoisotopic (exact) mass is 417 g/mol. The second kappa shape index (κ2) is 5.65. The van der Waals surface area contributed by atoms with E-state index in [4.69, 9.17) is 4.42 Å². The van der Waals surface area contributed by atoms with E-state index >= 15 is 0 Å². The first-order chi connectivity index (χ1) is 11.2. The highest BCUT2D eigenvalue weighted by atomic mass is 127. The van der Waals surface area contributed by atoms with Crippen molar-refractivity contribution in [2.45, 2.75) is 0 Å². The summed E-state index contributed by atoms with van der Waals surface area (Å²) in [6, 6.07) is 11.8. The van der Waals surface area contributed by atoms with E-state index in [1.807, 2.05) is 49.6 Å². The summed E-state index contributed by atoms with van der Waals surface area (Å²) in [4.78, 5) is 8.82. The first kappa shape index (κ1) is 14.2. The number of anilines is 2. The third kappa shape index (κ3) is 2.79. The molecule has 0 radical (unpaired) electrons. The number of para-hydroxylation sites is 1. The van der Waals surface area contributed by atoms with Crippen LogP contribution in [0.1, 0.15) is 0 Å². The van der Waals surface area contributed by atoms with Gasteiger partial charge in [0.2, 0.25) is 5.95 Å². The molecule has 4 aromatic rings. The van der Waals surface area contributed by atoms with Crippen LogP contribution in [-0.4, -0.2) is 19.7 Å². The Morgan fingerprint density at radius 2 is 2.13 bits per heavy atom. The molecular weight excluding hydrogens is 405 g/mol. The number of hydrogen-bond acceptors (Lipinski definition) is 5. The van der Waals surface area contributed by atoms with Crippen molar-refractivity contribution in [3.8, 4) is 11.3 Å². The normalized spacial score (nSPS) is 11.0. The van der Waals surface area contributed by atoms with Gasteiger partial charge in [0.25, 0.3) is 0 Å². The van der Waals surface area contributed by atoms with E-state index in [2.05, 4.69) is 43.0 Å². The van der Waals surface area contributed by atoms with Crippen molar-refractivity contribution in [1.82, 2.24) is 19.7 Å². The molecule has 0 fully saturated rings. The Kier molecular flexibility index (Phi) is 3.49. The van der Waals surface area contributed by atoms with Crippen LogP contribution < -0.4 is 5.32 Å². The zero-order chi connectivity index (χ0) is 15.8. The fourth-order valence-corrected chi connectivity index (χ4v) is 2.95. The van der Waals surface area contributed by atoms with Gasteiger partial charge in [0.1, 0.15) is 5.58 Å². The highest BCUT2D eigenvalue weighted by Crippen LogP contribution is 2.30. The minimum absolute atomic E-state index is 0.499. The molecule has 23 heavy (non-hydrogen) atoms. The Morgan fingerprint density at radius 3 is 2.96 bits per heavy atom. The SMILES string of the molecule is Cn1ccc(Nc2nccc(-c3cccc4cc(I)oc34)n2)n1. The summed E-state index contributed by atoms with van der Waals surface area (Å²) < 4.78 is 8.38. The summed E-state index contributed by atoms with van der Waals surface area (Å²) in [5.41, 5.74) is 2.58. The molecule has 0 unspecified atom stereocenters. The van der Waals surface area contributed by atoms with Crippen molar-refractivity contribution in [3.63, 3.8) is 0 Å². The van der Waals surface area contributed by atoms with Crippen molar-refractivity contribution < 1.29 is 4.42 Å². The molecule has 4 rings (SSSR count). The van der Waals surface area contributed by atoms with Gasteiger partial charge in [-0.1, -0.05) is 12.1 Å². The van der Waals surface area contributed by atoms with Crippen LogP contribution in [-0.2, 0) is 7.05 Å². The summed E-state index contributed by atoms with van der Waals surface area (Å²) in [7, 11) is 1.86. The third-order valence-corrected chi connectivity index (χ3v) is 3.93. The molecule has 0 aliphatic heterocycles. The van der Waals surface area contributed by atoms with Crippen LogP contribution in [0.15, 0.2) is 53.2 Å². The second-order valence-corrected chi connectivity index (χ2v) is 6.10. The van der Waals surface area contributed by atoms with E-state index in [1.165, 1.54) is 0 Å². The molecule has 1 aromatic carbocycles. The smallest absolute Gasteiger partial charge is 0.228 e. The van der Waals surface area contributed by atoms with Crippen LogP contribution in [0.3, 0.4) is 0 Å². The van der Waals surface area contributed by atoms with E-state index < -0.39 is 0 Å². The Labute approximate surface area is 145 Å². The lowest BCUT2D eigenvalue weighted by Gasteiger charge is -2.05. The number of hydrogen-bond donors (Lipinski definition) is 1. The second-order valence-electron chi connectivity index (χ2n) is 5.04. The molecule has 0 aliphatic carbocycles. The van der Waals surface area contributed by atoms with Gasteiger partial charge in [0.15, 0.2) is 9.58 Å². The Morgan fingerprint density at radius 1 is 1.22 bits per heavy atom. The average molecular weight is 417 g/mol. The van der Waals surface area contributed by atoms with E-state index in [0.29, 0.717) is 11.8 Å². The summed E-state index contributed by atoms with van der Waals surface area (Å²) in [5, 5.41) is 8.43. The number of fused-ring (bicyclic) bond motifs is 1. The topological polar surface area (TPSA) is 68.8 Å². The molecule has 0 atom stereocenters. The lowest BCUT2D eigenvalue weighted by atomic mass is 10.1. The molecule has 0 saturated carbocycles. The number of nitrogens with one attached hydrogen (secondary N) is 1. The van der Waals surface area contributed by atoms with Gasteiger partial charge < -0.3 is 9.73 Å². The molecular formula is C16H12IN5O. The molecule has 0 bridgehead atoms. The van der Waals surface area contributed by atoms with E-state index in [9.17, 15) is 0 Å². The Hall–Kier alpha value is -2.42. The minimum Gasteiger partial charge on any atom is -0.450 e. The summed E-state index contributed by atoms with van der Waals surface area (Å²) in [6.07, 6.45) is 3.58. The van der Waals surface area contributed by atoms with Crippen LogP contribution in [0, 0.1) is 3.77 Å². The zero-order valence-electron chi connectivity index (χ0n) is 12.2. The molecule has 0 amide bonds. The Bertz CT molecular complexity index is 991. The lowest BCUT2D eigenvalue weighted by Crippen LogP contribution is -1.99. The zero-order valence-corrected chi connectivity index (χ0v) is 14.4. The molecule has 3 heterocycles. The molecule has 0 spiro atoms. The van der Waals surface area contributed by atoms with E-state index in [0.717, 1.165) is 26.0 Å². The minimum atomic E-state index is 0.499. The molecule has 0 aliphatic rings. The number of nitrogens with zero attached hydrogens (tertiary/aromatic N) is 4. The van der Waals surface area contributed by atoms with Crippen molar-refractivity contribution in [2.24, 2.45) is 7.05 Å². The van der Waals surface area contributed by atoms with Crippen LogP contribution in [0.4, 0.5) is 11.8 Å². The molecule has 6 nitrogen and oxygen atoms in total. The van der Waals surface area contributed by atoms with Crippen LogP contribution in [0.5, 0.6) is 0 Å². The maximum atomic E-state index is 5.81. The number of rotatable bonds is 3. The van der Waals surface area contributed by atoms with E-state index in [1.54, 1.807) is 10.9 Å². The van der Waals surface area contributed by atoms with Gasteiger partial charge in [0, 0.05) is 36.5 Å². The van der Waals surface area contributed by atoms with Gasteiger partial charge in [-0.05, 0) is 40.8 Å². The van der Waals surface area contributed by atoms with Gasteiger partial charge in [-0.15, -0.1) is 0 Å². The van der Waals surface area contributed by atoms with E-state index in [-0.39, 0.29) is 0 Å². The maximum absolute atomic E-state index is 5.81. The molecule has 0 saturated heterocycles. The fourth-order valence-electron chi connectivity index (χ4n) is 2.40. The quantitative estimate of drug-likeness (QED) is 0.511. The standard InChI is InChI=1S/C16H12IN5O/c1-22-8-6-14(21-22)20-16-18-7-5-12(19-16)11-4-2-3-10-9-13(17)23-15(10)11/h2-9H,1H3,(H,18,19,20,21). The molecule has 114 valence electrons. The van der Waals surface area contributed by atoms with Crippen molar-refractivity contribution in [1.29, 1.82) is 0 Å². The number of aromatic nitrogens is 4. The van der Waals surface area contributed by atoms with Gasteiger partial charge in [0.05, 0.1) is 5.69 Å². The van der Waals surface area contributed by atoms with Gasteiger partial charge in [-0.2, -0.15) is 5.10 Å². The van der Waals surface area contributed by atoms with Crippen LogP contribution in [0.25, 0.3) is 22.2 Å².